The first-order valence-corrected chi connectivity index (χ1v) is 29.4. The summed E-state index contributed by atoms with van der Waals surface area (Å²) in [5.74, 6) is 0.751. The van der Waals surface area contributed by atoms with E-state index in [2.05, 4.69) is 226 Å². The quantitative estimate of drug-likeness (QED) is 0.135. The Balaban J connectivity index is 0.000000169. The molecule has 1 aliphatic rings. The van der Waals surface area contributed by atoms with Gasteiger partial charge in [-0.05, 0) is 135 Å². The van der Waals surface area contributed by atoms with Crippen molar-refractivity contribution in [2.75, 3.05) is 0 Å². The van der Waals surface area contributed by atoms with E-state index in [0.717, 1.165) is 58.0 Å². The summed E-state index contributed by atoms with van der Waals surface area (Å²) < 4.78 is 6.23. The Kier molecular flexibility index (Phi) is 17.2. The molecule has 1 aliphatic carbocycles. The van der Waals surface area contributed by atoms with Crippen LogP contribution < -0.4 is 5.19 Å². The van der Waals surface area contributed by atoms with Crippen molar-refractivity contribution in [3.63, 3.8) is 0 Å². The molecule has 1 fully saturated rings. The van der Waals surface area contributed by atoms with Gasteiger partial charge in [-0.15, -0.1) is 0 Å². The molecule has 0 aliphatic heterocycles. The molecule has 1 saturated carbocycles. The maximum absolute atomic E-state index is 6.23. The number of benzene rings is 5. The summed E-state index contributed by atoms with van der Waals surface area (Å²) in [6.07, 6.45) is 13.6. The van der Waals surface area contributed by atoms with E-state index >= 15 is 0 Å². The number of nitrogens with zero attached hydrogens (tertiary/aromatic N) is 3. The summed E-state index contributed by atoms with van der Waals surface area (Å²) in [6.45, 7) is 25.7. The second kappa shape index (κ2) is 23.0. The van der Waals surface area contributed by atoms with Crippen molar-refractivity contribution in [2.45, 2.75) is 119 Å². The standard InChI is InChI=1S/C31H29NO.C19H27NSi.C16H19N.Ir/c1-31(2,23-11-6-7-12-23)24-17-18-32-27(20-24)22-15-16-28-26(19-22)30-25(13-8-14-29(30)33-28)21-9-4-3-5-10-21;1-19(2,3)13-16-12-17(15-10-8-7-9-11-15)20-14-18(16)21(4,5)6;1-16(2,3)12-13-9-10-17-15(11-13)14-7-5-4-6-8-14;/h3-5,8-10,13-20,23H,6-7,11-12H2,1-2H3;7-12,14H,13H2,1-6H3;4-11H,12H2,1-3H3;. The molecule has 4 heterocycles. The molecule has 0 spiro atoms. The van der Waals surface area contributed by atoms with Crippen molar-refractivity contribution in [3.05, 3.63) is 193 Å². The molecular formula is C66H75IrN3OSi. The Morgan fingerprint density at radius 3 is 1.65 bits per heavy atom. The van der Waals surface area contributed by atoms with Crippen LogP contribution in [0.4, 0.5) is 0 Å². The summed E-state index contributed by atoms with van der Waals surface area (Å²) in [7, 11) is -1.36. The van der Waals surface area contributed by atoms with E-state index in [0.29, 0.717) is 10.8 Å². The Hall–Kier alpha value is -5.78. The third kappa shape index (κ3) is 13.6. The van der Waals surface area contributed by atoms with Crippen LogP contribution in [-0.2, 0) is 38.4 Å². The zero-order valence-electron chi connectivity index (χ0n) is 44.6. The van der Waals surface area contributed by atoms with E-state index in [9.17, 15) is 0 Å². The predicted molar refractivity (Wildman–Crippen MR) is 306 cm³/mol. The average molecular weight is 1150 g/mol. The van der Waals surface area contributed by atoms with Crippen molar-refractivity contribution in [1.82, 2.24) is 15.0 Å². The molecule has 4 nitrogen and oxygen atoms in total. The molecule has 0 atom stereocenters. The number of rotatable bonds is 9. The van der Waals surface area contributed by atoms with E-state index < -0.39 is 8.07 Å². The van der Waals surface area contributed by atoms with Gasteiger partial charge in [-0.25, -0.2) is 0 Å². The van der Waals surface area contributed by atoms with Gasteiger partial charge in [0, 0.05) is 66.2 Å². The SMILES string of the molecule is CC(C)(C)Cc1cc(-c2ccccc2)ncc1[Si](C)(C)C.CC(C)(C)Cc1ccnc(-c2ccccc2)c1.CC(C)(c1ccnc(-c2ccc3oc4cccc(-c5ccccc5)c4c3c2)c1)C1CCCC1.[Ir]. The Labute approximate surface area is 445 Å². The molecule has 5 aromatic carbocycles. The Morgan fingerprint density at radius 2 is 1.07 bits per heavy atom. The molecule has 72 heavy (non-hydrogen) atoms. The Morgan fingerprint density at radius 1 is 0.514 bits per heavy atom. The molecule has 0 amide bonds. The first-order chi connectivity index (χ1) is 33.8. The van der Waals surface area contributed by atoms with Gasteiger partial charge in [-0.3, -0.25) is 15.0 Å². The number of hydrogen-bond acceptors (Lipinski definition) is 4. The van der Waals surface area contributed by atoms with Crippen LogP contribution in [0.1, 0.15) is 97.8 Å². The van der Waals surface area contributed by atoms with Crippen LogP contribution in [0.15, 0.2) is 181 Å². The maximum atomic E-state index is 6.23. The van der Waals surface area contributed by atoms with Crippen LogP contribution in [0.2, 0.25) is 19.6 Å². The van der Waals surface area contributed by atoms with E-state index in [1.807, 2.05) is 30.6 Å². The van der Waals surface area contributed by atoms with Crippen LogP contribution in [0.25, 0.3) is 66.8 Å². The summed E-state index contributed by atoms with van der Waals surface area (Å²) in [4.78, 5) is 14.0. The van der Waals surface area contributed by atoms with Crippen molar-refractivity contribution in [2.24, 2.45) is 16.7 Å². The molecule has 0 bridgehead atoms. The van der Waals surface area contributed by atoms with Gasteiger partial charge in [-0.2, -0.15) is 0 Å². The number of furan rings is 1. The molecule has 0 N–H and O–H groups in total. The largest absolute Gasteiger partial charge is 0.456 e. The summed E-state index contributed by atoms with van der Waals surface area (Å²) in [5, 5.41) is 3.81. The topological polar surface area (TPSA) is 51.8 Å². The Bertz CT molecular complexity index is 3170. The molecule has 1 radical (unpaired) electrons. The average Bonchev–Trinajstić information content (AvgIpc) is 4.04. The zero-order valence-corrected chi connectivity index (χ0v) is 48.0. The van der Waals surface area contributed by atoms with Gasteiger partial charge in [0.1, 0.15) is 11.2 Å². The second-order valence-corrected chi connectivity index (χ2v) is 28.8. The van der Waals surface area contributed by atoms with Gasteiger partial charge in [-0.1, -0.05) is 191 Å². The molecular weight excluding hydrogens is 1070 g/mol. The molecule has 0 unspecified atom stereocenters. The van der Waals surface area contributed by atoms with E-state index in [1.54, 1.807) is 0 Å². The van der Waals surface area contributed by atoms with Gasteiger partial charge in [0.05, 0.1) is 25.2 Å². The third-order valence-electron chi connectivity index (χ3n) is 14.0. The first kappa shape index (κ1) is 54.0. The number of pyridine rings is 3. The first-order valence-electron chi connectivity index (χ1n) is 25.9. The minimum atomic E-state index is -1.36. The number of hydrogen-bond donors (Lipinski definition) is 0. The van der Waals surface area contributed by atoms with Crippen molar-refractivity contribution < 1.29 is 24.5 Å². The van der Waals surface area contributed by atoms with Crippen LogP contribution in [0, 0.1) is 16.7 Å². The maximum Gasteiger partial charge on any atom is 0.136 e. The second-order valence-electron chi connectivity index (χ2n) is 23.7. The monoisotopic (exact) mass is 1150 g/mol. The van der Waals surface area contributed by atoms with Crippen LogP contribution in [0.3, 0.4) is 0 Å². The van der Waals surface area contributed by atoms with Gasteiger partial charge >= 0.3 is 0 Å². The minimum Gasteiger partial charge on any atom is -0.456 e. The van der Waals surface area contributed by atoms with E-state index in [4.69, 9.17) is 14.4 Å². The van der Waals surface area contributed by atoms with Crippen molar-refractivity contribution >= 4 is 35.2 Å². The number of aromatic nitrogens is 3. The van der Waals surface area contributed by atoms with Gasteiger partial charge < -0.3 is 4.42 Å². The molecule has 9 aromatic rings. The minimum absolute atomic E-state index is 0. The fraction of sp³-hybridized carbons (Fsp3) is 0.318. The summed E-state index contributed by atoms with van der Waals surface area (Å²) in [5.41, 5.74) is 16.0. The molecule has 4 aromatic heterocycles. The van der Waals surface area contributed by atoms with Gasteiger partial charge in [0.25, 0.3) is 0 Å². The van der Waals surface area contributed by atoms with E-state index in [-0.39, 0.29) is 25.5 Å². The smallest absolute Gasteiger partial charge is 0.136 e. The molecule has 0 saturated heterocycles. The predicted octanol–water partition coefficient (Wildman–Crippen LogP) is 18.0. The number of fused-ring (bicyclic) bond motifs is 3. The van der Waals surface area contributed by atoms with E-state index in [1.165, 1.54) is 75.2 Å². The van der Waals surface area contributed by atoms with Crippen molar-refractivity contribution in [3.8, 4) is 44.9 Å². The molecule has 373 valence electrons. The fourth-order valence-corrected chi connectivity index (χ4v) is 11.9. The van der Waals surface area contributed by atoms with Gasteiger partial charge in [0.15, 0.2) is 0 Å². The molecule has 10 rings (SSSR count). The van der Waals surface area contributed by atoms with Crippen LogP contribution >= 0.6 is 0 Å². The molecule has 6 heteroatoms. The van der Waals surface area contributed by atoms with Crippen LogP contribution in [0.5, 0.6) is 0 Å². The summed E-state index contributed by atoms with van der Waals surface area (Å²) in [6, 6.07) is 55.3. The third-order valence-corrected chi connectivity index (χ3v) is 16.0. The van der Waals surface area contributed by atoms with Crippen molar-refractivity contribution in [1.29, 1.82) is 0 Å². The van der Waals surface area contributed by atoms with Gasteiger partial charge in [0.2, 0.25) is 0 Å². The normalized spacial score (nSPS) is 13.2. The summed E-state index contributed by atoms with van der Waals surface area (Å²) >= 11 is 0. The fourth-order valence-electron chi connectivity index (χ4n) is 10.3. The van der Waals surface area contributed by atoms with Crippen LogP contribution in [-0.4, -0.2) is 23.0 Å². The zero-order chi connectivity index (χ0) is 50.4.